The second-order valence-electron chi connectivity index (χ2n) is 3.08. The Bertz CT molecular complexity index is 436. The van der Waals surface area contributed by atoms with Crippen LogP contribution in [0, 0.1) is 6.92 Å². The number of nitrogens with one attached hydrogen (secondary N) is 1. The van der Waals surface area contributed by atoms with Gasteiger partial charge in [0.25, 0.3) is 0 Å². The second kappa shape index (κ2) is 3.41. The summed E-state index contributed by atoms with van der Waals surface area (Å²) in [4.78, 5) is 0. The third kappa shape index (κ3) is 1.85. The monoisotopic (exact) mass is 189 g/mol. The van der Waals surface area contributed by atoms with Gasteiger partial charge in [-0.05, 0) is 24.6 Å². The molecule has 2 aromatic rings. The highest BCUT2D eigenvalue weighted by molar-refractivity contribution is 5.36. The van der Waals surface area contributed by atoms with Gasteiger partial charge in [0.05, 0.1) is 0 Å². The Labute approximate surface area is 81.7 Å². The lowest BCUT2D eigenvalue weighted by molar-refractivity contribution is 0.461. The lowest BCUT2D eigenvalue weighted by Gasteiger charge is -2.01. The number of aromatic amines is 1. The van der Waals surface area contributed by atoms with Crippen molar-refractivity contribution in [2.45, 2.75) is 6.92 Å². The topological polar surface area (TPSA) is 63.9 Å². The van der Waals surface area contributed by atoms with Crippen LogP contribution in [-0.2, 0) is 0 Å². The van der Waals surface area contributed by atoms with Gasteiger partial charge in [-0.1, -0.05) is 12.1 Å². The van der Waals surface area contributed by atoms with Crippen LogP contribution in [0.2, 0.25) is 0 Å². The fraction of sp³-hybridized carbons (Fsp3) is 0.100. The van der Waals surface area contributed by atoms with Gasteiger partial charge in [0, 0.05) is 6.07 Å². The lowest BCUT2D eigenvalue weighted by atomic mass is 10.2. The Morgan fingerprint density at radius 2 is 2.21 bits per heavy atom. The van der Waals surface area contributed by atoms with E-state index in [0.29, 0.717) is 11.7 Å². The van der Waals surface area contributed by atoms with Crippen LogP contribution in [0.15, 0.2) is 30.3 Å². The van der Waals surface area contributed by atoms with Gasteiger partial charge in [0.15, 0.2) is 0 Å². The molecular weight excluding hydrogens is 178 g/mol. The number of aryl methyl sites for hydroxylation is 1. The van der Waals surface area contributed by atoms with Crippen LogP contribution >= 0.6 is 0 Å². The van der Waals surface area contributed by atoms with Crippen molar-refractivity contribution in [3.63, 3.8) is 0 Å². The number of aromatic nitrogens is 2. The van der Waals surface area contributed by atoms with Gasteiger partial charge in [0.2, 0.25) is 5.88 Å². The van der Waals surface area contributed by atoms with Crippen molar-refractivity contribution in [3.8, 4) is 11.6 Å². The Morgan fingerprint density at radius 1 is 1.36 bits per heavy atom. The summed E-state index contributed by atoms with van der Waals surface area (Å²) < 4.78 is 5.46. The molecule has 4 heteroatoms. The average Bonchev–Trinajstić information content (AvgIpc) is 2.51. The Balaban J connectivity index is 2.18. The predicted molar refractivity (Wildman–Crippen MR) is 54.3 cm³/mol. The van der Waals surface area contributed by atoms with Crippen molar-refractivity contribution in [3.05, 3.63) is 35.9 Å². The molecule has 2 rings (SSSR count). The summed E-state index contributed by atoms with van der Waals surface area (Å²) in [5.74, 6) is 1.73. The minimum atomic E-state index is 0.480. The molecule has 0 amide bonds. The molecule has 1 aromatic carbocycles. The number of rotatable bonds is 2. The molecule has 4 nitrogen and oxygen atoms in total. The van der Waals surface area contributed by atoms with Crippen molar-refractivity contribution < 1.29 is 4.74 Å². The van der Waals surface area contributed by atoms with Crippen LogP contribution in [0.3, 0.4) is 0 Å². The molecule has 0 fully saturated rings. The first-order valence-corrected chi connectivity index (χ1v) is 4.29. The third-order valence-corrected chi connectivity index (χ3v) is 1.79. The maximum absolute atomic E-state index is 5.46. The van der Waals surface area contributed by atoms with Crippen LogP contribution in [0.4, 0.5) is 5.82 Å². The number of anilines is 1. The predicted octanol–water partition coefficient (Wildman–Crippen LogP) is 2.09. The maximum Gasteiger partial charge on any atom is 0.240 e. The van der Waals surface area contributed by atoms with Crippen LogP contribution in [0.5, 0.6) is 11.6 Å². The van der Waals surface area contributed by atoms with Crippen LogP contribution < -0.4 is 10.5 Å². The van der Waals surface area contributed by atoms with Gasteiger partial charge in [-0.25, -0.2) is 0 Å². The Kier molecular flexibility index (Phi) is 2.10. The molecular formula is C10H11N3O. The zero-order valence-corrected chi connectivity index (χ0v) is 7.82. The number of nitrogen functional groups attached to an aromatic ring is 1. The SMILES string of the molecule is Cc1cccc(Oc2cc(N)[nH]n2)c1. The highest BCUT2D eigenvalue weighted by Gasteiger charge is 2.00. The van der Waals surface area contributed by atoms with Gasteiger partial charge in [-0.3, -0.25) is 5.10 Å². The lowest BCUT2D eigenvalue weighted by Crippen LogP contribution is -1.84. The van der Waals surface area contributed by atoms with Crippen LogP contribution in [0.25, 0.3) is 0 Å². The molecule has 3 N–H and O–H groups in total. The first-order valence-electron chi connectivity index (χ1n) is 4.29. The molecule has 1 heterocycles. The number of hydrogen-bond acceptors (Lipinski definition) is 3. The molecule has 1 aromatic heterocycles. The van der Waals surface area contributed by atoms with E-state index in [9.17, 15) is 0 Å². The summed E-state index contributed by atoms with van der Waals surface area (Å²) in [6, 6.07) is 9.39. The van der Waals surface area contributed by atoms with Gasteiger partial charge >= 0.3 is 0 Å². The van der Waals surface area contributed by atoms with E-state index in [-0.39, 0.29) is 0 Å². The summed E-state index contributed by atoms with van der Waals surface area (Å²) in [6.45, 7) is 2.01. The number of nitrogens with two attached hydrogens (primary N) is 1. The molecule has 14 heavy (non-hydrogen) atoms. The quantitative estimate of drug-likeness (QED) is 0.760. The summed E-state index contributed by atoms with van der Waals surface area (Å²) in [7, 11) is 0. The smallest absolute Gasteiger partial charge is 0.240 e. The fourth-order valence-electron chi connectivity index (χ4n) is 1.17. The molecule has 0 saturated heterocycles. The van der Waals surface area contributed by atoms with E-state index >= 15 is 0 Å². The number of ether oxygens (including phenoxy) is 1. The zero-order valence-electron chi connectivity index (χ0n) is 7.82. The maximum atomic E-state index is 5.46. The van der Waals surface area contributed by atoms with Crippen molar-refractivity contribution in [2.75, 3.05) is 5.73 Å². The molecule has 0 aliphatic rings. The molecule has 0 saturated carbocycles. The van der Waals surface area contributed by atoms with Crippen molar-refractivity contribution in [2.24, 2.45) is 0 Å². The molecule has 0 aliphatic carbocycles. The molecule has 72 valence electrons. The summed E-state index contributed by atoms with van der Waals surface area (Å²) >= 11 is 0. The third-order valence-electron chi connectivity index (χ3n) is 1.79. The van der Waals surface area contributed by atoms with Gasteiger partial charge in [0.1, 0.15) is 11.6 Å². The highest BCUT2D eigenvalue weighted by Crippen LogP contribution is 2.20. The molecule has 0 bridgehead atoms. The van der Waals surface area contributed by atoms with E-state index in [4.69, 9.17) is 10.5 Å². The highest BCUT2D eigenvalue weighted by atomic mass is 16.5. The second-order valence-corrected chi connectivity index (χ2v) is 3.08. The summed E-state index contributed by atoms with van der Waals surface area (Å²) in [6.07, 6.45) is 0. The van der Waals surface area contributed by atoms with E-state index in [1.54, 1.807) is 6.07 Å². The molecule has 0 spiro atoms. The standard InChI is InChI=1S/C10H11N3O/c1-7-3-2-4-8(5-7)14-10-6-9(11)12-13-10/h2-6H,1H3,(H3,11,12,13). The van der Waals surface area contributed by atoms with E-state index in [0.717, 1.165) is 11.3 Å². The molecule has 0 radical (unpaired) electrons. The average molecular weight is 189 g/mol. The van der Waals surface area contributed by atoms with Crippen molar-refractivity contribution in [1.82, 2.24) is 10.2 Å². The number of hydrogen-bond donors (Lipinski definition) is 2. The summed E-state index contributed by atoms with van der Waals surface area (Å²) in [5, 5.41) is 6.47. The molecule has 0 aliphatic heterocycles. The van der Waals surface area contributed by atoms with Gasteiger partial charge < -0.3 is 10.5 Å². The molecule has 0 atom stereocenters. The minimum absolute atomic E-state index is 0.480. The summed E-state index contributed by atoms with van der Waals surface area (Å²) in [5.41, 5.74) is 6.61. The minimum Gasteiger partial charge on any atom is -0.437 e. The Hall–Kier alpha value is -1.97. The number of nitrogens with zero attached hydrogens (tertiary/aromatic N) is 1. The normalized spacial score (nSPS) is 10.1. The van der Waals surface area contributed by atoms with Crippen LogP contribution in [-0.4, -0.2) is 10.2 Å². The van der Waals surface area contributed by atoms with Gasteiger partial charge in [-0.2, -0.15) is 0 Å². The van der Waals surface area contributed by atoms with Crippen LogP contribution in [0.1, 0.15) is 5.56 Å². The largest absolute Gasteiger partial charge is 0.437 e. The van der Waals surface area contributed by atoms with Crippen molar-refractivity contribution in [1.29, 1.82) is 0 Å². The van der Waals surface area contributed by atoms with E-state index in [2.05, 4.69) is 10.2 Å². The fourth-order valence-corrected chi connectivity index (χ4v) is 1.17. The van der Waals surface area contributed by atoms with E-state index in [1.165, 1.54) is 0 Å². The molecule has 0 unspecified atom stereocenters. The van der Waals surface area contributed by atoms with Crippen molar-refractivity contribution >= 4 is 5.82 Å². The zero-order chi connectivity index (χ0) is 9.97. The number of H-pyrrole nitrogens is 1. The number of benzene rings is 1. The van der Waals surface area contributed by atoms with E-state index < -0.39 is 0 Å². The first kappa shape index (κ1) is 8.62. The first-order chi connectivity index (χ1) is 6.74. The Morgan fingerprint density at radius 3 is 2.86 bits per heavy atom. The van der Waals surface area contributed by atoms with Gasteiger partial charge in [-0.15, -0.1) is 5.10 Å². The van der Waals surface area contributed by atoms with E-state index in [1.807, 2.05) is 31.2 Å².